The predicted octanol–water partition coefficient (Wildman–Crippen LogP) is 1.20. The molecule has 0 spiro atoms. The van der Waals surface area contributed by atoms with Gasteiger partial charge in [-0.3, -0.25) is 9.36 Å². The molecule has 3 atom stereocenters. The van der Waals surface area contributed by atoms with Gasteiger partial charge in [0.1, 0.15) is 17.7 Å². The number of carbonyl (C=O) groups excluding carboxylic acids is 1. The number of nitrogens with zero attached hydrogens (tertiary/aromatic N) is 5. The van der Waals surface area contributed by atoms with Crippen molar-refractivity contribution in [2.75, 3.05) is 30.9 Å². The van der Waals surface area contributed by atoms with Crippen molar-refractivity contribution >= 4 is 52.1 Å². The summed E-state index contributed by atoms with van der Waals surface area (Å²) in [6.07, 6.45) is -4.24. The molecule has 2 aromatic heterocycles. The molecule has 3 heterocycles. The van der Waals surface area contributed by atoms with Crippen LogP contribution in [0.1, 0.15) is 24.7 Å². The number of nitrogen functional groups attached to an aromatic ring is 1. The van der Waals surface area contributed by atoms with Crippen molar-refractivity contribution in [3.8, 4) is 0 Å². The lowest BCUT2D eigenvalue weighted by atomic mass is 9.94. The van der Waals surface area contributed by atoms with E-state index in [-0.39, 0.29) is 33.7 Å². The van der Waals surface area contributed by atoms with Crippen LogP contribution >= 0.6 is 11.6 Å². The molecule has 1 fully saturated rings. The number of imidazole rings is 1. The molecule has 5 N–H and O–H groups in total. The van der Waals surface area contributed by atoms with E-state index in [4.69, 9.17) is 26.8 Å². The highest BCUT2D eigenvalue weighted by Gasteiger charge is 2.49. The van der Waals surface area contributed by atoms with Gasteiger partial charge in [-0.25, -0.2) is 19.0 Å². The first-order valence-electron chi connectivity index (χ1n) is 12.0. The number of amides is 1. The second kappa shape index (κ2) is 11.7. The fraction of sp³-hybridized carbons (Fsp3) is 0.417. The van der Waals surface area contributed by atoms with Crippen LogP contribution in [0.15, 0.2) is 30.6 Å². The maximum Gasteiger partial charge on any atom is 0.348 e. The minimum atomic E-state index is -2.80. The number of alkyl halides is 1. The van der Waals surface area contributed by atoms with Crippen molar-refractivity contribution in [2.45, 2.75) is 43.4 Å². The van der Waals surface area contributed by atoms with E-state index < -0.39 is 49.1 Å². The van der Waals surface area contributed by atoms with Crippen LogP contribution in [0.25, 0.3) is 11.2 Å². The number of aliphatic hydroxyl groups excluding tert-OH is 1. The van der Waals surface area contributed by atoms with Gasteiger partial charge in [-0.2, -0.15) is 9.97 Å². The van der Waals surface area contributed by atoms with Gasteiger partial charge in [0.2, 0.25) is 17.5 Å². The first kappa shape index (κ1) is 29.1. The third-order valence-corrected chi connectivity index (χ3v) is 6.78. The number of aliphatic hydroxyl groups is 1. The van der Waals surface area contributed by atoms with Gasteiger partial charge < -0.3 is 35.4 Å². The highest BCUT2D eigenvalue weighted by Crippen LogP contribution is 2.28. The van der Waals surface area contributed by atoms with Gasteiger partial charge in [-0.15, -0.1) is 0 Å². The number of hydrogen-bond acceptors (Lipinski definition) is 10. The molecule has 40 heavy (non-hydrogen) atoms. The lowest BCUT2D eigenvalue weighted by Gasteiger charge is -2.30. The second-order valence-electron chi connectivity index (χ2n) is 9.08. The zero-order chi connectivity index (χ0) is 29.2. The summed E-state index contributed by atoms with van der Waals surface area (Å²) in [5, 5.41) is 30.2. The Morgan fingerprint density at radius 2 is 1.90 bits per heavy atom. The van der Waals surface area contributed by atoms with E-state index in [1.54, 1.807) is 17.0 Å². The van der Waals surface area contributed by atoms with Crippen molar-refractivity contribution in [3.05, 3.63) is 41.4 Å². The van der Waals surface area contributed by atoms with Crippen LogP contribution in [0.4, 0.5) is 15.9 Å². The zero-order valence-corrected chi connectivity index (χ0v) is 21.9. The zero-order valence-electron chi connectivity index (χ0n) is 21.1. The molecule has 214 valence electrons. The Morgan fingerprint density at radius 1 is 1.23 bits per heavy atom. The Kier molecular flexibility index (Phi) is 8.48. The topological polar surface area (TPSA) is 203 Å². The molecule has 1 amide bonds. The van der Waals surface area contributed by atoms with Gasteiger partial charge in [0.05, 0.1) is 12.9 Å². The van der Waals surface area contributed by atoms with E-state index in [9.17, 15) is 29.7 Å². The minimum absolute atomic E-state index is 0.0281. The summed E-state index contributed by atoms with van der Waals surface area (Å²) in [6, 6.07) is 6.16. The Hall–Kier alpha value is -3.92. The van der Waals surface area contributed by atoms with Gasteiger partial charge in [0, 0.05) is 32.2 Å². The number of benzene rings is 1. The van der Waals surface area contributed by atoms with Gasteiger partial charge in [0.15, 0.2) is 11.5 Å². The number of carboxylic acid groups (broad SMARTS) is 2. The molecule has 0 bridgehead atoms. The second-order valence-corrected chi connectivity index (χ2v) is 9.42. The number of rotatable bonds is 12. The van der Waals surface area contributed by atoms with Crippen LogP contribution < -0.4 is 10.6 Å². The molecule has 0 unspecified atom stereocenters. The minimum Gasteiger partial charge on any atom is -0.479 e. The van der Waals surface area contributed by atoms with Crippen LogP contribution in [-0.4, -0.2) is 90.8 Å². The molecular formula is C24H26ClFN6O8. The monoisotopic (exact) mass is 580 g/mol. The average Bonchev–Trinajstić information content (AvgIpc) is 3.54. The van der Waals surface area contributed by atoms with E-state index in [1.807, 2.05) is 0 Å². The maximum absolute atomic E-state index is 15.4. The molecule has 4 rings (SSSR count). The fourth-order valence-electron chi connectivity index (χ4n) is 4.38. The number of aromatic nitrogens is 4. The standard InChI is InChI=1S/C24H26ClFN6O8/c1-39-14(17(34)18(26)32-11-28-16-19(27)29-23(25)30-20(16)32)10-40-24(21(35)36,22(37)38)9-12-4-6-13(7-5-12)31-8-2-3-15(31)33/h4-7,11,14,17-18,34H,2-3,8-10H2,1H3,(H,35,36)(H,37,38)(H2,27,29,30)/t14-,17-,18-/m1/s1. The highest BCUT2D eigenvalue weighted by atomic mass is 35.5. The smallest absolute Gasteiger partial charge is 0.348 e. The number of aliphatic carboxylic acids is 2. The number of hydrogen-bond donors (Lipinski definition) is 4. The molecule has 1 aliphatic rings. The number of carboxylic acids is 2. The third-order valence-electron chi connectivity index (χ3n) is 6.61. The van der Waals surface area contributed by atoms with Crippen molar-refractivity contribution in [3.63, 3.8) is 0 Å². The quantitative estimate of drug-likeness (QED) is 0.176. The number of ether oxygens (including phenoxy) is 2. The van der Waals surface area contributed by atoms with Crippen LogP contribution in [-0.2, 0) is 30.3 Å². The summed E-state index contributed by atoms with van der Waals surface area (Å²) in [7, 11) is 1.11. The molecule has 0 radical (unpaired) electrons. The predicted molar refractivity (Wildman–Crippen MR) is 137 cm³/mol. The van der Waals surface area contributed by atoms with Crippen LogP contribution in [0, 0.1) is 0 Å². The SMILES string of the molecule is CO[C@H](COC(Cc1ccc(N2CCCC2=O)cc1)(C(=O)O)C(=O)O)[C@@H](O)[C@H](F)n1cnc2c(N)nc(Cl)nc21. The molecule has 14 nitrogen and oxygen atoms in total. The maximum atomic E-state index is 15.4. The van der Waals surface area contributed by atoms with E-state index in [1.165, 1.54) is 12.1 Å². The fourth-order valence-corrected chi connectivity index (χ4v) is 4.55. The van der Waals surface area contributed by atoms with Crippen molar-refractivity contribution < 1.29 is 43.6 Å². The van der Waals surface area contributed by atoms with Crippen LogP contribution in [0.5, 0.6) is 0 Å². The van der Waals surface area contributed by atoms with Crippen molar-refractivity contribution in [2.24, 2.45) is 0 Å². The normalized spacial score (nSPS) is 16.3. The summed E-state index contributed by atoms with van der Waals surface area (Å²) in [4.78, 5) is 49.5. The molecule has 1 saturated heterocycles. The molecule has 0 saturated carbocycles. The molecule has 1 aromatic carbocycles. The lowest BCUT2D eigenvalue weighted by Crippen LogP contribution is -2.53. The number of carbonyl (C=O) groups is 3. The van der Waals surface area contributed by atoms with Gasteiger partial charge in [-0.05, 0) is 35.7 Å². The Balaban J connectivity index is 1.52. The van der Waals surface area contributed by atoms with E-state index in [2.05, 4.69) is 15.0 Å². The van der Waals surface area contributed by atoms with Crippen LogP contribution in [0.2, 0.25) is 5.28 Å². The largest absolute Gasteiger partial charge is 0.479 e. The first-order chi connectivity index (χ1) is 19.0. The molecule has 0 aliphatic carbocycles. The molecular weight excluding hydrogens is 555 g/mol. The molecule has 16 heteroatoms. The number of methoxy groups -OCH3 is 1. The van der Waals surface area contributed by atoms with Crippen LogP contribution in [0.3, 0.4) is 0 Å². The first-order valence-corrected chi connectivity index (χ1v) is 12.4. The van der Waals surface area contributed by atoms with Crippen molar-refractivity contribution in [1.29, 1.82) is 0 Å². The summed E-state index contributed by atoms with van der Waals surface area (Å²) >= 11 is 5.80. The Morgan fingerprint density at radius 3 is 2.48 bits per heavy atom. The summed E-state index contributed by atoms with van der Waals surface area (Å²) < 4.78 is 26.7. The third kappa shape index (κ3) is 5.54. The highest BCUT2D eigenvalue weighted by molar-refractivity contribution is 6.28. The van der Waals surface area contributed by atoms with E-state index in [0.717, 1.165) is 18.0 Å². The van der Waals surface area contributed by atoms with Gasteiger partial charge in [0.25, 0.3) is 5.60 Å². The number of nitrogens with two attached hydrogens (primary N) is 1. The summed E-state index contributed by atoms with van der Waals surface area (Å²) in [5.74, 6) is -3.79. The Bertz CT molecular complexity index is 1410. The van der Waals surface area contributed by atoms with Crippen molar-refractivity contribution in [1.82, 2.24) is 19.5 Å². The van der Waals surface area contributed by atoms with E-state index in [0.29, 0.717) is 25.1 Å². The summed E-state index contributed by atoms with van der Waals surface area (Å²) in [5.41, 5.74) is 3.72. The number of fused-ring (bicyclic) bond motifs is 1. The van der Waals surface area contributed by atoms with E-state index >= 15 is 4.39 Å². The number of halogens is 2. The lowest BCUT2D eigenvalue weighted by molar-refractivity contribution is -0.192. The summed E-state index contributed by atoms with van der Waals surface area (Å²) in [6.45, 7) is -0.268. The molecule has 1 aliphatic heterocycles. The average molecular weight is 581 g/mol. The molecule has 3 aromatic rings. The Labute approximate surface area is 231 Å². The number of anilines is 2. The van der Waals surface area contributed by atoms with Gasteiger partial charge in [-0.1, -0.05) is 12.1 Å². The van der Waals surface area contributed by atoms with Gasteiger partial charge >= 0.3 is 11.9 Å².